The summed E-state index contributed by atoms with van der Waals surface area (Å²) in [5.74, 6) is -0.0896. The molecule has 1 aromatic heterocycles. The molecule has 0 aliphatic rings. The van der Waals surface area contributed by atoms with E-state index in [2.05, 4.69) is 15.6 Å². The minimum absolute atomic E-state index is 0.0896. The summed E-state index contributed by atoms with van der Waals surface area (Å²) in [4.78, 5) is 15.8. The van der Waals surface area contributed by atoms with Crippen LogP contribution in [0.1, 0.15) is 18.5 Å². The van der Waals surface area contributed by atoms with Gasteiger partial charge in [0, 0.05) is 29.1 Å². The third-order valence-electron chi connectivity index (χ3n) is 2.90. The Morgan fingerprint density at radius 1 is 1.20 bits per heavy atom. The van der Waals surface area contributed by atoms with Gasteiger partial charge in [-0.2, -0.15) is 0 Å². The fourth-order valence-electron chi connectivity index (χ4n) is 1.75. The number of hydrogen-bond donors (Lipinski definition) is 2. The van der Waals surface area contributed by atoms with Crippen molar-refractivity contribution in [2.75, 3.05) is 11.9 Å². The Balaban J connectivity index is 1.82. The zero-order valence-corrected chi connectivity index (χ0v) is 11.9. The lowest BCUT2D eigenvalue weighted by Crippen LogP contribution is -2.30. The molecule has 0 aliphatic carbocycles. The van der Waals surface area contributed by atoms with Crippen LogP contribution in [0.2, 0.25) is 5.02 Å². The molecule has 5 heteroatoms. The van der Waals surface area contributed by atoms with E-state index in [9.17, 15) is 4.79 Å². The van der Waals surface area contributed by atoms with Crippen LogP contribution >= 0.6 is 11.6 Å². The van der Waals surface area contributed by atoms with Crippen molar-refractivity contribution in [2.24, 2.45) is 0 Å². The number of pyridine rings is 1. The molecule has 1 atom stereocenters. The third-order valence-corrected chi connectivity index (χ3v) is 3.15. The van der Waals surface area contributed by atoms with Gasteiger partial charge in [0.1, 0.15) is 0 Å². The quantitative estimate of drug-likeness (QED) is 0.889. The molecule has 104 valence electrons. The molecule has 4 nitrogen and oxygen atoms in total. The van der Waals surface area contributed by atoms with Crippen molar-refractivity contribution < 1.29 is 4.79 Å². The molecule has 0 saturated carbocycles. The number of halogens is 1. The number of anilines is 1. The summed E-state index contributed by atoms with van der Waals surface area (Å²) in [5.41, 5.74) is 1.83. The zero-order valence-electron chi connectivity index (χ0n) is 11.1. The van der Waals surface area contributed by atoms with E-state index in [4.69, 9.17) is 11.6 Å². The molecular weight excluding hydrogens is 274 g/mol. The highest BCUT2D eigenvalue weighted by Crippen LogP contribution is 2.13. The van der Waals surface area contributed by atoms with Crippen LogP contribution in [0, 0.1) is 0 Å². The predicted octanol–water partition coefficient (Wildman–Crippen LogP) is 3.02. The van der Waals surface area contributed by atoms with Gasteiger partial charge in [-0.25, -0.2) is 0 Å². The lowest BCUT2D eigenvalue weighted by Gasteiger charge is -2.13. The highest BCUT2D eigenvalue weighted by Gasteiger charge is 2.07. The number of carbonyl (C=O) groups is 1. The average Bonchev–Trinajstić information content (AvgIpc) is 2.48. The summed E-state index contributed by atoms with van der Waals surface area (Å²) in [5, 5.41) is 6.61. The number of benzene rings is 1. The molecule has 1 aromatic carbocycles. The first-order valence-electron chi connectivity index (χ1n) is 6.34. The number of carbonyl (C=O) groups excluding carboxylic acids is 1. The van der Waals surface area contributed by atoms with Gasteiger partial charge < -0.3 is 10.6 Å². The van der Waals surface area contributed by atoms with Gasteiger partial charge >= 0.3 is 0 Å². The lowest BCUT2D eigenvalue weighted by atomic mass is 10.1. The van der Waals surface area contributed by atoms with Gasteiger partial charge in [-0.1, -0.05) is 11.6 Å². The summed E-state index contributed by atoms with van der Waals surface area (Å²) < 4.78 is 0. The van der Waals surface area contributed by atoms with Crippen LogP contribution in [0.15, 0.2) is 48.8 Å². The standard InChI is InChI=1S/C15H16ClN3O/c1-11(12-6-8-17-9-7-12)18-10-15(20)19-14-4-2-13(16)3-5-14/h2-9,11,18H,10H2,1H3,(H,19,20)/t11-/m1/s1. The van der Waals surface area contributed by atoms with Crippen LogP contribution in [-0.2, 0) is 4.79 Å². The van der Waals surface area contributed by atoms with Crippen molar-refractivity contribution in [3.63, 3.8) is 0 Å². The first-order chi connectivity index (χ1) is 9.65. The van der Waals surface area contributed by atoms with Crippen LogP contribution in [-0.4, -0.2) is 17.4 Å². The van der Waals surface area contributed by atoms with Gasteiger partial charge in [-0.15, -0.1) is 0 Å². The number of nitrogens with zero attached hydrogens (tertiary/aromatic N) is 1. The number of rotatable bonds is 5. The van der Waals surface area contributed by atoms with Crippen LogP contribution in [0.5, 0.6) is 0 Å². The van der Waals surface area contributed by atoms with Crippen LogP contribution < -0.4 is 10.6 Å². The second-order valence-corrected chi connectivity index (χ2v) is 4.87. The highest BCUT2D eigenvalue weighted by atomic mass is 35.5. The molecule has 0 bridgehead atoms. The topological polar surface area (TPSA) is 54.0 Å². The first kappa shape index (κ1) is 14.5. The summed E-state index contributed by atoms with van der Waals surface area (Å²) >= 11 is 5.79. The molecule has 2 aromatic rings. The molecule has 0 spiro atoms. The van der Waals surface area contributed by atoms with Crippen molar-refractivity contribution in [1.29, 1.82) is 0 Å². The summed E-state index contributed by atoms with van der Waals surface area (Å²) in [6, 6.07) is 11.0. The Morgan fingerprint density at radius 2 is 1.85 bits per heavy atom. The molecule has 20 heavy (non-hydrogen) atoms. The first-order valence-corrected chi connectivity index (χ1v) is 6.71. The molecular formula is C15H16ClN3O. The molecule has 2 N–H and O–H groups in total. The maximum atomic E-state index is 11.8. The van der Waals surface area contributed by atoms with E-state index in [-0.39, 0.29) is 18.5 Å². The second kappa shape index (κ2) is 7.03. The van der Waals surface area contributed by atoms with Crippen LogP contribution in [0.25, 0.3) is 0 Å². The molecule has 0 fully saturated rings. The van der Waals surface area contributed by atoms with E-state index < -0.39 is 0 Å². The third kappa shape index (κ3) is 4.33. The predicted molar refractivity (Wildman–Crippen MR) is 80.7 cm³/mol. The Labute approximate surface area is 123 Å². The fraction of sp³-hybridized carbons (Fsp3) is 0.200. The summed E-state index contributed by atoms with van der Waals surface area (Å²) in [6.07, 6.45) is 3.47. The SMILES string of the molecule is C[C@@H](NCC(=O)Nc1ccc(Cl)cc1)c1ccncc1. The zero-order chi connectivity index (χ0) is 14.4. The molecule has 1 heterocycles. The summed E-state index contributed by atoms with van der Waals surface area (Å²) in [7, 11) is 0. The minimum Gasteiger partial charge on any atom is -0.325 e. The Morgan fingerprint density at radius 3 is 2.50 bits per heavy atom. The van der Waals surface area contributed by atoms with Crippen molar-refractivity contribution in [3.05, 3.63) is 59.4 Å². The largest absolute Gasteiger partial charge is 0.325 e. The number of aromatic nitrogens is 1. The average molecular weight is 290 g/mol. The highest BCUT2D eigenvalue weighted by molar-refractivity contribution is 6.30. The van der Waals surface area contributed by atoms with E-state index >= 15 is 0 Å². The van der Waals surface area contributed by atoms with E-state index in [0.717, 1.165) is 11.3 Å². The van der Waals surface area contributed by atoms with Crippen molar-refractivity contribution in [2.45, 2.75) is 13.0 Å². The van der Waals surface area contributed by atoms with E-state index in [1.807, 2.05) is 19.1 Å². The maximum Gasteiger partial charge on any atom is 0.238 e. The van der Waals surface area contributed by atoms with Crippen molar-refractivity contribution in [3.8, 4) is 0 Å². The number of hydrogen-bond acceptors (Lipinski definition) is 3. The Kier molecular flexibility index (Phi) is 5.09. The molecule has 0 unspecified atom stereocenters. The molecule has 0 saturated heterocycles. The fourth-order valence-corrected chi connectivity index (χ4v) is 1.88. The van der Waals surface area contributed by atoms with Gasteiger partial charge in [-0.3, -0.25) is 9.78 Å². The number of nitrogens with one attached hydrogen (secondary N) is 2. The van der Waals surface area contributed by atoms with Gasteiger partial charge in [0.05, 0.1) is 6.54 Å². The van der Waals surface area contributed by atoms with E-state index in [0.29, 0.717) is 5.02 Å². The maximum absolute atomic E-state index is 11.8. The van der Waals surface area contributed by atoms with Crippen LogP contribution in [0.4, 0.5) is 5.69 Å². The molecule has 0 radical (unpaired) electrons. The van der Waals surface area contributed by atoms with E-state index in [1.165, 1.54) is 0 Å². The van der Waals surface area contributed by atoms with Gasteiger partial charge in [0.25, 0.3) is 0 Å². The Hall–Kier alpha value is -1.91. The van der Waals surface area contributed by atoms with Crippen molar-refractivity contribution >= 4 is 23.2 Å². The minimum atomic E-state index is -0.0896. The summed E-state index contributed by atoms with van der Waals surface area (Å²) in [6.45, 7) is 2.25. The molecule has 2 rings (SSSR count). The lowest BCUT2D eigenvalue weighted by molar-refractivity contribution is -0.115. The van der Waals surface area contributed by atoms with Crippen LogP contribution in [0.3, 0.4) is 0 Å². The van der Waals surface area contributed by atoms with E-state index in [1.54, 1.807) is 36.7 Å². The van der Waals surface area contributed by atoms with Gasteiger partial charge in [0.15, 0.2) is 0 Å². The second-order valence-electron chi connectivity index (χ2n) is 4.44. The smallest absolute Gasteiger partial charge is 0.238 e. The van der Waals surface area contributed by atoms with Gasteiger partial charge in [0.2, 0.25) is 5.91 Å². The molecule has 1 amide bonds. The van der Waals surface area contributed by atoms with Crippen molar-refractivity contribution in [1.82, 2.24) is 10.3 Å². The monoisotopic (exact) mass is 289 g/mol. The molecule has 0 aliphatic heterocycles. The van der Waals surface area contributed by atoms with Gasteiger partial charge in [-0.05, 0) is 48.9 Å². The normalized spacial score (nSPS) is 11.9. The Bertz CT molecular complexity index is 557. The number of amides is 1.